The van der Waals surface area contributed by atoms with Crippen molar-refractivity contribution in [1.82, 2.24) is 0 Å². The lowest BCUT2D eigenvalue weighted by Gasteiger charge is -2.71. The zero-order valence-corrected chi connectivity index (χ0v) is 31.4. The Hall–Kier alpha value is -1.45. The van der Waals surface area contributed by atoms with Crippen molar-refractivity contribution >= 4 is 5.97 Å². The van der Waals surface area contributed by atoms with Crippen LogP contribution in [0.5, 0.6) is 0 Å². The van der Waals surface area contributed by atoms with Gasteiger partial charge in [0.05, 0.1) is 24.7 Å². The summed E-state index contributed by atoms with van der Waals surface area (Å²) < 4.78 is 23.6. The average molecular weight is 735 g/mol. The van der Waals surface area contributed by atoms with Crippen LogP contribution in [-0.2, 0) is 23.7 Å². The molecule has 0 radical (unpaired) electrons. The molecule has 52 heavy (non-hydrogen) atoms. The van der Waals surface area contributed by atoms with Crippen LogP contribution in [0, 0.1) is 44.8 Å². The number of hydrogen-bond acceptors (Lipinski definition) is 12. The van der Waals surface area contributed by atoms with Gasteiger partial charge in [0.25, 0.3) is 0 Å². The van der Waals surface area contributed by atoms with Gasteiger partial charge in [0, 0.05) is 5.92 Å². The van der Waals surface area contributed by atoms with E-state index in [9.17, 15) is 40.5 Å². The van der Waals surface area contributed by atoms with Gasteiger partial charge in [-0.2, -0.15) is 0 Å². The van der Waals surface area contributed by atoms with Gasteiger partial charge in [-0.25, -0.2) is 0 Å². The molecular weight excluding hydrogens is 672 g/mol. The Morgan fingerprint density at radius 3 is 2.29 bits per heavy atom. The molecule has 2 heterocycles. The molecule has 5 aliphatic carbocycles. The number of esters is 1. The Balaban J connectivity index is 1.15. The number of aliphatic hydroxyl groups is 7. The minimum absolute atomic E-state index is 0.00409. The smallest absolute Gasteiger partial charge is 0.315 e. The van der Waals surface area contributed by atoms with Gasteiger partial charge >= 0.3 is 5.97 Å². The van der Waals surface area contributed by atoms with Crippen LogP contribution in [0.4, 0.5) is 0 Å². The Morgan fingerprint density at radius 2 is 1.58 bits per heavy atom. The first-order valence-corrected chi connectivity index (χ1v) is 19.6. The molecule has 4 saturated carbocycles. The zero-order chi connectivity index (χ0) is 37.8. The first-order valence-electron chi connectivity index (χ1n) is 19.6. The number of carbonyl (C=O) groups is 1. The second-order valence-corrected chi connectivity index (χ2v) is 18.8. The van der Waals surface area contributed by atoms with Crippen LogP contribution >= 0.6 is 0 Å². The van der Waals surface area contributed by atoms with E-state index in [1.165, 1.54) is 5.57 Å². The molecule has 0 bridgehead atoms. The largest absolute Gasteiger partial charge is 0.432 e. The van der Waals surface area contributed by atoms with Crippen molar-refractivity contribution in [2.24, 2.45) is 44.8 Å². The summed E-state index contributed by atoms with van der Waals surface area (Å²) in [5.74, 6) is 0.0952. The maximum atomic E-state index is 14.4. The number of allylic oxidation sites excluding steroid dienone is 3. The molecule has 7 aliphatic rings. The summed E-state index contributed by atoms with van der Waals surface area (Å²) in [6.45, 7) is 15.5. The van der Waals surface area contributed by atoms with Crippen molar-refractivity contribution in [3.05, 3.63) is 23.8 Å². The van der Waals surface area contributed by atoms with E-state index in [-0.39, 0.29) is 40.3 Å². The van der Waals surface area contributed by atoms with E-state index in [1.807, 2.05) is 0 Å². The van der Waals surface area contributed by atoms with E-state index in [0.717, 1.165) is 44.1 Å². The predicted octanol–water partition coefficient (Wildman–Crippen LogP) is 2.49. The zero-order valence-electron chi connectivity index (χ0n) is 31.4. The average Bonchev–Trinajstić information content (AvgIpc) is 3.10. The molecule has 294 valence electrons. The number of carbonyl (C=O) groups excluding carboxylic acids is 1. The normalized spacial score (nSPS) is 53.0. The molecule has 7 rings (SSSR count). The fourth-order valence-electron chi connectivity index (χ4n) is 12.9. The number of fused-ring (bicyclic) bond motifs is 7. The third-order valence-electron chi connectivity index (χ3n) is 16.2. The first kappa shape index (κ1) is 38.8. The molecule has 12 heteroatoms. The molecule has 0 spiro atoms. The van der Waals surface area contributed by atoms with Crippen LogP contribution < -0.4 is 0 Å². The third kappa shape index (κ3) is 5.56. The fraction of sp³-hybridized carbons (Fsp3) is 0.875. The van der Waals surface area contributed by atoms with Gasteiger partial charge in [-0.05, 0) is 97.7 Å². The summed E-state index contributed by atoms with van der Waals surface area (Å²) in [6, 6.07) is 0. The van der Waals surface area contributed by atoms with Gasteiger partial charge in [-0.3, -0.25) is 4.79 Å². The topological polar surface area (TPSA) is 196 Å². The molecule has 2 saturated heterocycles. The van der Waals surface area contributed by atoms with E-state index in [0.29, 0.717) is 37.5 Å². The summed E-state index contributed by atoms with van der Waals surface area (Å²) in [7, 11) is 0. The first-order chi connectivity index (χ1) is 24.4. The van der Waals surface area contributed by atoms with Gasteiger partial charge in [-0.15, -0.1) is 0 Å². The molecule has 0 amide bonds. The number of hydrogen-bond donors (Lipinski definition) is 7. The van der Waals surface area contributed by atoms with Crippen LogP contribution in [-0.4, -0.2) is 116 Å². The molecule has 0 aromatic rings. The van der Waals surface area contributed by atoms with Crippen LogP contribution in [0.2, 0.25) is 0 Å². The quantitative estimate of drug-likeness (QED) is 0.124. The molecular formula is C40H62O12. The molecule has 7 N–H and O–H groups in total. The van der Waals surface area contributed by atoms with Crippen LogP contribution in [0.3, 0.4) is 0 Å². The summed E-state index contributed by atoms with van der Waals surface area (Å²) in [6.07, 6.45) is -2.17. The van der Waals surface area contributed by atoms with E-state index < -0.39 is 73.3 Å². The molecule has 0 unspecified atom stereocenters. The standard InChI is InChI=1S/C40H62O12/c1-20-9-14-40(35(48)52-34-32(47)30(45)29(44)24(18-41)50-34)16-15-38(5)21(22(40)17-20)7-8-26-37(4)12-11-27(36(2,3)25(37)10-13-39(26,38)6)51-33-31(46)28(43)23(42)19-49-33/h7,22-34,41-47H,1,8-19H2,2-6H3/t22-,23-,24+,25-,26+,27-,28-,29+,30-,31+,32+,33-,34-,37-,38+,39+,40-/m0/s1. The lowest BCUT2D eigenvalue weighted by atomic mass is 9.34. The highest BCUT2D eigenvalue weighted by Crippen LogP contribution is 2.75. The number of ether oxygens (including phenoxy) is 4. The van der Waals surface area contributed by atoms with Crippen LogP contribution in [0.25, 0.3) is 0 Å². The van der Waals surface area contributed by atoms with Crippen molar-refractivity contribution in [2.75, 3.05) is 13.2 Å². The maximum Gasteiger partial charge on any atom is 0.315 e. The molecule has 2 aliphatic heterocycles. The lowest BCUT2D eigenvalue weighted by Crippen LogP contribution is -2.65. The SMILES string of the molecule is C=C1CC[C@]2(C(=O)O[C@@H]3O[C@H](CO)[C@@H](O)[C@H](O)[C@H]3O)CC[C@]3(C)C(=CC[C@@H]4[C@@]5(C)CC[C@H](O[C@@H]6OC[C@H](O)[C@H](O)[C@H]6O)C(C)(C)[C@@H]5CC[C@]43C)[C@@H]2C1. The van der Waals surface area contributed by atoms with E-state index >= 15 is 0 Å². The van der Waals surface area contributed by atoms with Crippen LogP contribution in [0.1, 0.15) is 98.8 Å². The maximum absolute atomic E-state index is 14.4. The molecule has 12 nitrogen and oxygen atoms in total. The highest BCUT2D eigenvalue weighted by molar-refractivity contribution is 5.79. The number of aliphatic hydroxyl groups excluding tert-OH is 7. The monoisotopic (exact) mass is 734 g/mol. The van der Waals surface area contributed by atoms with Crippen molar-refractivity contribution in [3.63, 3.8) is 0 Å². The van der Waals surface area contributed by atoms with Crippen molar-refractivity contribution in [1.29, 1.82) is 0 Å². The van der Waals surface area contributed by atoms with E-state index in [1.54, 1.807) is 0 Å². The van der Waals surface area contributed by atoms with Crippen molar-refractivity contribution in [3.8, 4) is 0 Å². The van der Waals surface area contributed by atoms with Crippen molar-refractivity contribution in [2.45, 2.75) is 160 Å². The molecule has 0 aromatic heterocycles. The summed E-state index contributed by atoms with van der Waals surface area (Å²) in [5.41, 5.74) is 1.04. The Bertz CT molecular complexity index is 1430. The van der Waals surface area contributed by atoms with Gasteiger partial charge in [0.15, 0.2) is 6.29 Å². The van der Waals surface area contributed by atoms with E-state index in [2.05, 4.69) is 47.3 Å². The second-order valence-electron chi connectivity index (χ2n) is 18.8. The fourth-order valence-corrected chi connectivity index (χ4v) is 12.9. The minimum atomic E-state index is -1.65. The van der Waals surface area contributed by atoms with E-state index in [4.69, 9.17) is 18.9 Å². The Morgan fingerprint density at radius 1 is 0.865 bits per heavy atom. The lowest BCUT2D eigenvalue weighted by molar-refractivity contribution is -0.308. The molecule has 17 atom stereocenters. The second kappa shape index (κ2) is 13.3. The van der Waals surface area contributed by atoms with Gasteiger partial charge in [0.2, 0.25) is 6.29 Å². The summed E-state index contributed by atoms with van der Waals surface area (Å²) in [4.78, 5) is 14.4. The summed E-state index contributed by atoms with van der Waals surface area (Å²) >= 11 is 0. The van der Waals surface area contributed by atoms with Gasteiger partial charge < -0.3 is 54.7 Å². The minimum Gasteiger partial charge on any atom is -0.432 e. The van der Waals surface area contributed by atoms with Gasteiger partial charge in [0.1, 0.15) is 42.7 Å². The van der Waals surface area contributed by atoms with Crippen LogP contribution in [0.15, 0.2) is 23.8 Å². The summed E-state index contributed by atoms with van der Waals surface area (Å²) in [5, 5.41) is 72.0. The molecule has 6 fully saturated rings. The number of rotatable bonds is 5. The highest BCUT2D eigenvalue weighted by Gasteiger charge is 2.69. The molecule has 0 aromatic carbocycles. The third-order valence-corrected chi connectivity index (χ3v) is 16.2. The Kier molecular flexibility index (Phi) is 9.96. The predicted molar refractivity (Wildman–Crippen MR) is 187 cm³/mol. The highest BCUT2D eigenvalue weighted by atomic mass is 16.7. The van der Waals surface area contributed by atoms with Crippen molar-refractivity contribution < 1.29 is 59.5 Å². The van der Waals surface area contributed by atoms with Gasteiger partial charge in [-0.1, -0.05) is 58.4 Å². The Labute approximate surface area is 307 Å².